The van der Waals surface area contributed by atoms with Crippen LogP contribution >= 0.6 is 0 Å². The Morgan fingerprint density at radius 1 is 1.23 bits per heavy atom. The van der Waals surface area contributed by atoms with Gasteiger partial charge in [-0.25, -0.2) is 0 Å². The van der Waals surface area contributed by atoms with Crippen LogP contribution in [0.3, 0.4) is 0 Å². The van der Waals surface area contributed by atoms with Crippen molar-refractivity contribution in [2.24, 2.45) is 0 Å². The van der Waals surface area contributed by atoms with Crippen LogP contribution in [-0.2, 0) is 11.3 Å². The summed E-state index contributed by atoms with van der Waals surface area (Å²) in [6.45, 7) is 12.1. The molecule has 6 heteroatoms. The van der Waals surface area contributed by atoms with Crippen LogP contribution in [0.5, 0.6) is 0 Å². The molecule has 1 aromatic heterocycles. The first-order valence-electron chi connectivity index (χ1n) is 8.23. The third-order valence-electron chi connectivity index (χ3n) is 4.25. The molecule has 1 aliphatic heterocycles. The van der Waals surface area contributed by atoms with Gasteiger partial charge in [0.2, 0.25) is 5.91 Å². The summed E-state index contributed by atoms with van der Waals surface area (Å²) in [7, 11) is 0. The van der Waals surface area contributed by atoms with Crippen molar-refractivity contribution in [1.82, 2.24) is 20.3 Å². The largest absolute Gasteiger partial charge is 0.361 e. The Hall–Kier alpha value is -1.40. The van der Waals surface area contributed by atoms with Gasteiger partial charge in [-0.2, -0.15) is 0 Å². The third kappa shape index (κ3) is 4.81. The van der Waals surface area contributed by atoms with Crippen molar-refractivity contribution in [3.63, 3.8) is 0 Å². The maximum Gasteiger partial charge on any atom is 0.234 e. The van der Waals surface area contributed by atoms with E-state index >= 15 is 0 Å². The molecule has 1 amide bonds. The molecule has 0 atom stereocenters. The fourth-order valence-electron chi connectivity index (χ4n) is 2.72. The first-order valence-corrected chi connectivity index (χ1v) is 8.23. The lowest BCUT2D eigenvalue weighted by molar-refractivity contribution is -0.122. The van der Waals surface area contributed by atoms with E-state index in [1.54, 1.807) is 0 Å². The van der Waals surface area contributed by atoms with Gasteiger partial charge < -0.3 is 9.84 Å². The van der Waals surface area contributed by atoms with E-state index in [0.29, 0.717) is 6.54 Å². The molecule has 1 N–H and O–H groups in total. The van der Waals surface area contributed by atoms with Gasteiger partial charge in [-0.05, 0) is 20.3 Å². The number of hydrogen-bond acceptors (Lipinski definition) is 5. The van der Waals surface area contributed by atoms with Crippen LogP contribution in [0.4, 0.5) is 0 Å². The molecule has 0 bridgehead atoms. The highest BCUT2D eigenvalue weighted by Crippen LogP contribution is 2.16. The van der Waals surface area contributed by atoms with Crippen LogP contribution in [0.15, 0.2) is 4.52 Å². The number of aryl methyl sites for hydroxylation is 2. The lowest BCUT2D eigenvalue weighted by Crippen LogP contribution is -2.49. The molecule has 0 aromatic carbocycles. The van der Waals surface area contributed by atoms with Crippen molar-refractivity contribution in [2.45, 2.75) is 40.2 Å². The summed E-state index contributed by atoms with van der Waals surface area (Å²) in [6, 6.07) is 0. The Bertz CT molecular complexity index is 459. The van der Waals surface area contributed by atoms with Gasteiger partial charge in [0.1, 0.15) is 5.76 Å². The number of carbonyl (C=O) groups excluding carboxylic acids is 1. The summed E-state index contributed by atoms with van der Waals surface area (Å²) < 4.78 is 5.22. The summed E-state index contributed by atoms with van der Waals surface area (Å²) in [5.41, 5.74) is 2.18. The Labute approximate surface area is 132 Å². The second-order valence-electron chi connectivity index (χ2n) is 6.06. The zero-order valence-electron chi connectivity index (χ0n) is 14.0. The topological polar surface area (TPSA) is 61.6 Å². The summed E-state index contributed by atoms with van der Waals surface area (Å²) in [5, 5.41) is 6.99. The summed E-state index contributed by atoms with van der Waals surface area (Å²) in [5.74, 6) is 1.06. The van der Waals surface area contributed by atoms with Crippen LogP contribution in [-0.4, -0.2) is 60.1 Å². The SMILES string of the molecule is CCCCNC(=O)CN1CCN(Cc2c(C)noc2C)CC1. The first-order chi connectivity index (χ1) is 10.6. The molecule has 6 nitrogen and oxygen atoms in total. The summed E-state index contributed by atoms with van der Waals surface area (Å²) in [6.07, 6.45) is 2.16. The molecular weight excluding hydrogens is 280 g/mol. The Kier molecular flexibility index (Phi) is 6.39. The molecule has 0 radical (unpaired) electrons. The molecule has 0 spiro atoms. The quantitative estimate of drug-likeness (QED) is 0.770. The van der Waals surface area contributed by atoms with Crippen molar-refractivity contribution in [3.05, 3.63) is 17.0 Å². The molecule has 0 unspecified atom stereocenters. The first kappa shape index (κ1) is 17.0. The molecule has 2 rings (SSSR count). The number of hydrogen-bond donors (Lipinski definition) is 1. The van der Waals surface area contributed by atoms with Crippen LogP contribution in [0.25, 0.3) is 0 Å². The number of carbonyl (C=O) groups is 1. The van der Waals surface area contributed by atoms with Gasteiger partial charge in [-0.15, -0.1) is 0 Å². The zero-order valence-corrected chi connectivity index (χ0v) is 14.0. The molecule has 2 heterocycles. The highest BCUT2D eigenvalue weighted by molar-refractivity contribution is 5.77. The number of nitrogens with one attached hydrogen (secondary N) is 1. The highest BCUT2D eigenvalue weighted by Gasteiger charge is 2.21. The Morgan fingerprint density at radius 2 is 1.91 bits per heavy atom. The van der Waals surface area contributed by atoms with Crippen molar-refractivity contribution < 1.29 is 9.32 Å². The fourth-order valence-corrected chi connectivity index (χ4v) is 2.72. The van der Waals surface area contributed by atoms with E-state index in [2.05, 4.69) is 27.2 Å². The van der Waals surface area contributed by atoms with Crippen molar-refractivity contribution in [2.75, 3.05) is 39.3 Å². The number of amides is 1. The molecule has 1 aromatic rings. The predicted octanol–water partition coefficient (Wildman–Crippen LogP) is 1.33. The fraction of sp³-hybridized carbons (Fsp3) is 0.750. The number of rotatable bonds is 7. The molecular formula is C16H28N4O2. The maximum atomic E-state index is 11.8. The number of piperazine rings is 1. The van der Waals surface area contributed by atoms with Crippen molar-refractivity contribution in [1.29, 1.82) is 0 Å². The normalized spacial score (nSPS) is 16.9. The molecule has 22 heavy (non-hydrogen) atoms. The van der Waals surface area contributed by atoms with E-state index in [1.165, 1.54) is 5.56 Å². The van der Waals surface area contributed by atoms with E-state index in [9.17, 15) is 4.79 Å². The zero-order chi connectivity index (χ0) is 15.9. The minimum Gasteiger partial charge on any atom is -0.361 e. The smallest absolute Gasteiger partial charge is 0.234 e. The van der Waals surface area contributed by atoms with E-state index in [4.69, 9.17) is 4.52 Å². The monoisotopic (exact) mass is 308 g/mol. The molecule has 1 fully saturated rings. The van der Waals surface area contributed by atoms with Gasteiger partial charge in [0, 0.05) is 44.8 Å². The van der Waals surface area contributed by atoms with E-state index < -0.39 is 0 Å². The minimum absolute atomic E-state index is 0.146. The highest BCUT2D eigenvalue weighted by atomic mass is 16.5. The summed E-state index contributed by atoms with van der Waals surface area (Å²) in [4.78, 5) is 16.5. The third-order valence-corrected chi connectivity index (χ3v) is 4.25. The lowest BCUT2D eigenvalue weighted by Gasteiger charge is -2.34. The number of aromatic nitrogens is 1. The van der Waals surface area contributed by atoms with Gasteiger partial charge in [-0.3, -0.25) is 14.6 Å². The van der Waals surface area contributed by atoms with Gasteiger partial charge in [0.15, 0.2) is 0 Å². The Balaban J connectivity index is 1.70. The van der Waals surface area contributed by atoms with Crippen molar-refractivity contribution >= 4 is 5.91 Å². The minimum atomic E-state index is 0.146. The standard InChI is InChI=1S/C16H28N4O2/c1-4-5-6-17-16(21)12-20-9-7-19(8-10-20)11-15-13(2)18-22-14(15)3/h4-12H2,1-3H3,(H,17,21). The number of unbranched alkanes of at least 4 members (excludes halogenated alkanes) is 1. The van der Waals surface area contributed by atoms with E-state index in [1.807, 2.05) is 13.8 Å². The molecule has 1 aliphatic rings. The van der Waals surface area contributed by atoms with Crippen LogP contribution < -0.4 is 5.32 Å². The summed E-state index contributed by atoms with van der Waals surface area (Å²) >= 11 is 0. The molecule has 0 aliphatic carbocycles. The van der Waals surface area contributed by atoms with E-state index in [-0.39, 0.29) is 5.91 Å². The average Bonchev–Trinajstić information content (AvgIpc) is 2.81. The maximum absolute atomic E-state index is 11.8. The van der Waals surface area contributed by atoms with Gasteiger partial charge >= 0.3 is 0 Å². The van der Waals surface area contributed by atoms with Crippen molar-refractivity contribution in [3.8, 4) is 0 Å². The lowest BCUT2D eigenvalue weighted by atomic mass is 10.2. The van der Waals surface area contributed by atoms with Gasteiger partial charge in [0.25, 0.3) is 0 Å². The van der Waals surface area contributed by atoms with Crippen LogP contribution in [0.1, 0.15) is 36.8 Å². The van der Waals surface area contributed by atoms with E-state index in [0.717, 1.165) is 63.6 Å². The molecule has 1 saturated heterocycles. The Morgan fingerprint density at radius 3 is 2.50 bits per heavy atom. The second kappa shape index (κ2) is 8.29. The van der Waals surface area contributed by atoms with Gasteiger partial charge in [0.05, 0.1) is 12.2 Å². The molecule has 0 saturated carbocycles. The second-order valence-corrected chi connectivity index (χ2v) is 6.06. The van der Waals surface area contributed by atoms with Gasteiger partial charge in [-0.1, -0.05) is 18.5 Å². The van der Waals surface area contributed by atoms with Crippen LogP contribution in [0.2, 0.25) is 0 Å². The number of nitrogens with zero attached hydrogens (tertiary/aromatic N) is 3. The molecule has 124 valence electrons. The van der Waals surface area contributed by atoms with Crippen LogP contribution in [0, 0.1) is 13.8 Å². The average molecular weight is 308 g/mol. The predicted molar refractivity (Wildman–Crippen MR) is 85.6 cm³/mol.